The zero-order valence-corrected chi connectivity index (χ0v) is 13.2. The molecule has 1 fully saturated rings. The molecule has 0 bridgehead atoms. The highest BCUT2D eigenvalue weighted by Crippen LogP contribution is 2.30. The van der Waals surface area contributed by atoms with E-state index >= 15 is 0 Å². The zero-order valence-electron chi connectivity index (χ0n) is 13.2. The normalized spacial score (nSPS) is 16.7. The van der Waals surface area contributed by atoms with Gasteiger partial charge in [0.2, 0.25) is 0 Å². The number of nitrogens with one attached hydrogen (secondary N) is 1. The van der Waals surface area contributed by atoms with Crippen molar-refractivity contribution in [3.05, 3.63) is 35.4 Å². The van der Waals surface area contributed by atoms with Gasteiger partial charge in [-0.3, -0.25) is 0 Å². The molecule has 2 rings (SSSR count). The molecule has 1 saturated carbocycles. The summed E-state index contributed by atoms with van der Waals surface area (Å²) in [4.78, 5) is 2.47. The Balaban J connectivity index is 1.96. The molecule has 118 valence electrons. The van der Waals surface area contributed by atoms with E-state index in [1.807, 2.05) is 7.05 Å². The Morgan fingerprint density at radius 2 is 1.81 bits per heavy atom. The van der Waals surface area contributed by atoms with Gasteiger partial charge in [-0.15, -0.1) is 0 Å². The summed E-state index contributed by atoms with van der Waals surface area (Å²) in [7, 11) is 1.84. The number of rotatable bonds is 8. The van der Waals surface area contributed by atoms with Crippen LogP contribution in [0.4, 0.5) is 8.78 Å². The minimum absolute atomic E-state index is 0.0179. The van der Waals surface area contributed by atoms with E-state index in [2.05, 4.69) is 24.1 Å². The van der Waals surface area contributed by atoms with E-state index in [1.54, 1.807) is 0 Å². The van der Waals surface area contributed by atoms with Crippen LogP contribution >= 0.6 is 0 Å². The molecule has 0 saturated heterocycles. The van der Waals surface area contributed by atoms with Crippen LogP contribution in [0.5, 0.6) is 0 Å². The van der Waals surface area contributed by atoms with Crippen molar-refractivity contribution in [3.8, 4) is 0 Å². The highest BCUT2D eigenvalue weighted by Gasteiger charge is 2.25. The molecule has 0 spiro atoms. The van der Waals surface area contributed by atoms with Crippen LogP contribution in [0.15, 0.2) is 18.2 Å². The Kier molecular flexibility index (Phi) is 5.71. The van der Waals surface area contributed by atoms with E-state index in [0.29, 0.717) is 11.6 Å². The van der Waals surface area contributed by atoms with Gasteiger partial charge in [-0.2, -0.15) is 0 Å². The number of hydrogen-bond donors (Lipinski definition) is 1. The van der Waals surface area contributed by atoms with Gasteiger partial charge in [-0.25, -0.2) is 8.78 Å². The standard InChI is InChI=1S/C17H26F2N2/c1-12(2)21(11-13-4-5-13)7-6-17(20-3)14-8-15(18)10-16(19)9-14/h8-10,12-13,17,20H,4-7,11H2,1-3H3. The van der Waals surface area contributed by atoms with Gasteiger partial charge in [0.25, 0.3) is 0 Å². The second kappa shape index (κ2) is 7.32. The predicted octanol–water partition coefficient (Wildman–Crippen LogP) is 3.74. The van der Waals surface area contributed by atoms with E-state index in [4.69, 9.17) is 0 Å². The van der Waals surface area contributed by atoms with Crippen LogP contribution in [0, 0.1) is 17.6 Å². The van der Waals surface area contributed by atoms with Crippen molar-refractivity contribution in [3.63, 3.8) is 0 Å². The summed E-state index contributed by atoms with van der Waals surface area (Å²) in [5.74, 6) is -0.167. The summed E-state index contributed by atoms with van der Waals surface area (Å²) in [5, 5.41) is 3.18. The molecule has 1 unspecified atom stereocenters. The lowest BCUT2D eigenvalue weighted by Gasteiger charge is -2.28. The zero-order chi connectivity index (χ0) is 15.4. The Labute approximate surface area is 126 Å². The lowest BCUT2D eigenvalue weighted by Crippen LogP contribution is -2.35. The van der Waals surface area contributed by atoms with Crippen molar-refractivity contribution in [2.75, 3.05) is 20.1 Å². The number of nitrogens with zero attached hydrogens (tertiary/aromatic N) is 1. The highest BCUT2D eigenvalue weighted by molar-refractivity contribution is 5.21. The van der Waals surface area contributed by atoms with E-state index in [9.17, 15) is 8.78 Å². The SMILES string of the molecule is CNC(CCN(CC1CC1)C(C)C)c1cc(F)cc(F)c1. The van der Waals surface area contributed by atoms with Crippen LogP contribution in [0.2, 0.25) is 0 Å². The summed E-state index contributed by atoms with van der Waals surface area (Å²) in [6, 6.07) is 4.25. The average Bonchev–Trinajstić information content (AvgIpc) is 3.20. The molecular formula is C17H26F2N2. The summed E-state index contributed by atoms with van der Waals surface area (Å²) >= 11 is 0. The monoisotopic (exact) mass is 296 g/mol. The molecule has 0 aliphatic heterocycles. The van der Waals surface area contributed by atoms with Gasteiger partial charge >= 0.3 is 0 Å². The quantitative estimate of drug-likeness (QED) is 0.786. The molecule has 1 aliphatic carbocycles. The molecular weight excluding hydrogens is 270 g/mol. The Hall–Kier alpha value is -1.00. The lowest BCUT2D eigenvalue weighted by atomic mass is 10.0. The molecule has 1 aromatic carbocycles. The van der Waals surface area contributed by atoms with Gasteiger partial charge in [0.05, 0.1) is 0 Å². The highest BCUT2D eigenvalue weighted by atomic mass is 19.1. The number of benzene rings is 1. The first-order valence-electron chi connectivity index (χ1n) is 7.87. The van der Waals surface area contributed by atoms with Crippen molar-refractivity contribution in [2.45, 2.75) is 45.2 Å². The van der Waals surface area contributed by atoms with Crippen LogP contribution in [0.25, 0.3) is 0 Å². The second-order valence-corrected chi connectivity index (χ2v) is 6.36. The second-order valence-electron chi connectivity index (χ2n) is 6.36. The topological polar surface area (TPSA) is 15.3 Å². The maximum absolute atomic E-state index is 13.4. The number of halogens is 2. The molecule has 1 aliphatic rings. The summed E-state index contributed by atoms with van der Waals surface area (Å²) < 4.78 is 26.7. The first-order valence-corrected chi connectivity index (χ1v) is 7.87. The van der Waals surface area contributed by atoms with Crippen LogP contribution in [0.1, 0.15) is 44.7 Å². The largest absolute Gasteiger partial charge is 0.313 e. The van der Waals surface area contributed by atoms with E-state index in [-0.39, 0.29) is 6.04 Å². The molecule has 0 aromatic heterocycles. The van der Waals surface area contributed by atoms with E-state index < -0.39 is 11.6 Å². The fourth-order valence-electron chi connectivity index (χ4n) is 2.74. The fraction of sp³-hybridized carbons (Fsp3) is 0.647. The van der Waals surface area contributed by atoms with Crippen molar-refractivity contribution in [2.24, 2.45) is 5.92 Å². The van der Waals surface area contributed by atoms with Gasteiger partial charge in [0.1, 0.15) is 11.6 Å². The predicted molar refractivity (Wildman–Crippen MR) is 82.2 cm³/mol. The van der Waals surface area contributed by atoms with Gasteiger partial charge in [-0.05, 0) is 63.8 Å². The van der Waals surface area contributed by atoms with Crippen molar-refractivity contribution >= 4 is 0 Å². The Morgan fingerprint density at radius 3 is 2.29 bits per heavy atom. The average molecular weight is 296 g/mol. The molecule has 1 aromatic rings. The van der Waals surface area contributed by atoms with Crippen LogP contribution in [0.3, 0.4) is 0 Å². The van der Waals surface area contributed by atoms with Crippen molar-refractivity contribution in [1.29, 1.82) is 0 Å². The van der Waals surface area contributed by atoms with Gasteiger partial charge in [0, 0.05) is 31.2 Å². The molecule has 1 N–H and O–H groups in total. The maximum Gasteiger partial charge on any atom is 0.126 e. The molecule has 0 heterocycles. The van der Waals surface area contributed by atoms with Gasteiger partial charge in [-0.1, -0.05) is 0 Å². The number of hydrogen-bond acceptors (Lipinski definition) is 2. The van der Waals surface area contributed by atoms with E-state index in [1.165, 1.54) is 25.0 Å². The van der Waals surface area contributed by atoms with Crippen molar-refractivity contribution in [1.82, 2.24) is 10.2 Å². The molecule has 0 radical (unpaired) electrons. The molecule has 2 nitrogen and oxygen atoms in total. The Morgan fingerprint density at radius 1 is 1.19 bits per heavy atom. The minimum Gasteiger partial charge on any atom is -0.313 e. The lowest BCUT2D eigenvalue weighted by molar-refractivity contribution is 0.202. The Bertz CT molecular complexity index is 438. The smallest absolute Gasteiger partial charge is 0.126 e. The van der Waals surface area contributed by atoms with Crippen molar-refractivity contribution < 1.29 is 8.78 Å². The summed E-state index contributed by atoms with van der Waals surface area (Å²) in [6.07, 6.45) is 3.53. The van der Waals surface area contributed by atoms with Gasteiger partial charge in [0.15, 0.2) is 0 Å². The summed E-state index contributed by atoms with van der Waals surface area (Å²) in [5.41, 5.74) is 0.685. The third-order valence-electron chi connectivity index (χ3n) is 4.26. The van der Waals surface area contributed by atoms with Crippen LogP contribution < -0.4 is 5.32 Å². The third kappa shape index (κ3) is 5.04. The molecule has 21 heavy (non-hydrogen) atoms. The van der Waals surface area contributed by atoms with Crippen LogP contribution in [-0.2, 0) is 0 Å². The fourth-order valence-corrected chi connectivity index (χ4v) is 2.74. The van der Waals surface area contributed by atoms with Gasteiger partial charge < -0.3 is 10.2 Å². The first kappa shape index (κ1) is 16.4. The molecule has 0 amide bonds. The molecule has 4 heteroatoms. The molecule has 1 atom stereocenters. The maximum atomic E-state index is 13.4. The first-order chi connectivity index (χ1) is 9.99. The minimum atomic E-state index is -0.510. The van der Waals surface area contributed by atoms with E-state index in [0.717, 1.165) is 31.5 Å². The summed E-state index contributed by atoms with van der Waals surface area (Å²) in [6.45, 7) is 6.50. The van der Waals surface area contributed by atoms with Crippen LogP contribution in [-0.4, -0.2) is 31.1 Å². The third-order valence-corrected chi connectivity index (χ3v) is 4.26.